The number of nitrogens with zero attached hydrogens (tertiary/aromatic N) is 1. The molecule has 2 N–H and O–H groups in total. The Morgan fingerprint density at radius 3 is 2.39 bits per heavy atom. The van der Waals surface area contributed by atoms with Gasteiger partial charge in [0.1, 0.15) is 5.56 Å². The zero-order valence-electron chi connectivity index (χ0n) is 13.9. The summed E-state index contributed by atoms with van der Waals surface area (Å²) >= 11 is 5.78. The third-order valence-corrected chi connectivity index (χ3v) is 4.01. The van der Waals surface area contributed by atoms with Crippen molar-refractivity contribution in [1.82, 2.24) is 9.55 Å². The van der Waals surface area contributed by atoms with Gasteiger partial charge in [-0.3, -0.25) is 9.59 Å². The quantitative estimate of drug-likeness (QED) is 0.695. The molecule has 0 bridgehead atoms. The van der Waals surface area contributed by atoms with Crippen LogP contribution in [0.2, 0.25) is 5.02 Å². The van der Waals surface area contributed by atoms with E-state index in [4.69, 9.17) is 11.6 Å². The second kappa shape index (κ2) is 7.35. The largest absolute Gasteiger partial charge is 0.416 e. The van der Waals surface area contributed by atoms with Crippen LogP contribution in [0.3, 0.4) is 0 Å². The van der Waals surface area contributed by atoms with Gasteiger partial charge in [0.05, 0.1) is 11.3 Å². The van der Waals surface area contributed by atoms with Crippen LogP contribution in [0.15, 0.2) is 64.3 Å². The fraction of sp³-hybridized carbons (Fsp3) is 0.0556. The van der Waals surface area contributed by atoms with Crippen LogP contribution in [-0.2, 0) is 6.18 Å². The van der Waals surface area contributed by atoms with Crippen molar-refractivity contribution in [2.45, 2.75) is 6.18 Å². The minimum atomic E-state index is -4.58. The lowest BCUT2D eigenvalue weighted by Crippen LogP contribution is -2.38. The number of H-pyrrole nitrogens is 1. The Kier molecular flexibility index (Phi) is 5.10. The SMILES string of the molecule is O=C(Nc1cccc(C(F)(F)F)c1)c1c[nH]c(=O)n(-c2ccc(Cl)cc2)c1=O. The molecule has 0 saturated carbocycles. The minimum Gasteiger partial charge on any atom is -0.322 e. The third-order valence-electron chi connectivity index (χ3n) is 3.75. The van der Waals surface area contributed by atoms with Crippen molar-refractivity contribution in [3.8, 4) is 5.69 Å². The smallest absolute Gasteiger partial charge is 0.322 e. The molecule has 0 unspecified atom stereocenters. The monoisotopic (exact) mass is 409 g/mol. The van der Waals surface area contributed by atoms with E-state index in [-0.39, 0.29) is 11.4 Å². The lowest BCUT2D eigenvalue weighted by Gasteiger charge is -2.10. The predicted octanol–water partition coefficient (Wildman–Crippen LogP) is 3.45. The van der Waals surface area contributed by atoms with Crippen molar-refractivity contribution in [1.29, 1.82) is 0 Å². The number of nitrogens with one attached hydrogen (secondary N) is 2. The number of hydrogen-bond acceptors (Lipinski definition) is 3. The van der Waals surface area contributed by atoms with Crippen LogP contribution in [0.5, 0.6) is 0 Å². The van der Waals surface area contributed by atoms with E-state index in [0.29, 0.717) is 5.02 Å². The summed E-state index contributed by atoms with van der Waals surface area (Å²) in [6.07, 6.45) is -3.68. The standard InChI is InChI=1S/C18H11ClF3N3O3/c19-11-4-6-13(7-5-11)25-16(27)14(9-23-17(25)28)15(26)24-12-3-1-2-10(8-12)18(20,21)22/h1-9H,(H,23,28)(H,24,26). The molecule has 0 aliphatic rings. The molecule has 0 fully saturated rings. The topological polar surface area (TPSA) is 84.0 Å². The first-order valence-corrected chi connectivity index (χ1v) is 8.14. The minimum absolute atomic E-state index is 0.150. The Hall–Kier alpha value is -3.33. The van der Waals surface area contributed by atoms with Crippen molar-refractivity contribution in [3.05, 3.63) is 91.7 Å². The van der Waals surface area contributed by atoms with Gasteiger partial charge in [-0.05, 0) is 42.5 Å². The number of amides is 1. The zero-order valence-corrected chi connectivity index (χ0v) is 14.6. The molecule has 28 heavy (non-hydrogen) atoms. The summed E-state index contributed by atoms with van der Waals surface area (Å²) in [4.78, 5) is 39.3. The number of halogens is 4. The highest BCUT2D eigenvalue weighted by Crippen LogP contribution is 2.30. The fourth-order valence-electron chi connectivity index (χ4n) is 2.43. The van der Waals surface area contributed by atoms with Gasteiger partial charge < -0.3 is 10.3 Å². The van der Waals surface area contributed by atoms with E-state index in [9.17, 15) is 27.6 Å². The van der Waals surface area contributed by atoms with Crippen molar-refractivity contribution >= 4 is 23.2 Å². The third kappa shape index (κ3) is 3.99. The number of carbonyl (C=O) groups excluding carboxylic acids is 1. The average Bonchev–Trinajstić information content (AvgIpc) is 2.63. The van der Waals surface area contributed by atoms with Crippen LogP contribution in [0.25, 0.3) is 5.69 Å². The maximum absolute atomic E-state index is 12.8. The van der Waals surface area contributed by atoms with Crippen LogP contribution < -0.4 is 16.6 Å². The van der Waals surface area contributed by atoms with Gasteiger partial charge >= 0.3 is 11.9 Å². The number of anilines is 1. The summed E-state index contributed by atoms with van der Waals surface area (Å²) in [5.74, 6) is -0.969. The molecule has 0 radical (unpaired) electrons. The molecule has 2 aromatic carbocycles. The second-order valence-electron chi connectivity index (χ2n) is 5.66. The van der Waals surface area contributed by atoms with Crippen molar-refractivity contribution < 1.29 is 18.0 Å². The molecule has 1 heterocycles. The normalized spacial score (nSPS) is 11.3. The molecular weight excluding hydrogens is 399 g/mol. The Bertz CT molecular complexity index is 1150. The van der Waals surface area contributed by atoms with Gasteiger partial charge in [-0.15, -0.1) is 0 Å². The number of alkyl halides is 3. The number of hydrogen-bond donors (Lipinski definition) is 2. The molecule has 0 spiro atoms. The molecule has 0 atom stereocenters. The predicted molar refractivity (Wildman–Crippen MR) is 97.1 cm³/mol. The Morgan fingerprint density at radius 2 is 1.75 bits per heavy atom. The van der Waals surface area contributed by atoms with Crippen LogP contribution in [-0.4, -0.2) is 15.5 Å². The summed E-state index contributed by atoms with van der Waals surface area (Å²) in [5.41, 5.74) is -3.11. The van der Waals surface area contributed by atoms with Crippen molar-refractivity contribution in [2.75, 3.05) is 5.32 Å². The van der Waals surface area contributed by atoms with E-state index < -0.39 is 34.5 Å². The van der Waals surface area contributed by atoms with Gasteiger partial charge in [-0.25, -0.2) is 9.36 Å². The first-order chi connectivity index (χ1) is 13.2. The number of benzene rings is 2. The molecule has 0 aliphatic carbocycles. The first kappa shape index (κ1) is 19.4. The Morgan fingerprint density at radius 1 is 1.07 bits per heavy atom. The van der Waals surface area contributed by atoms with Gasteiger partial charge in [0.25, 0.3) is 11.5 Å². The van der Waals surface area contributed by atoms with Gasteiger partial charge in [0.15, 0.2) is 0 Å². The summed E-state index contributed by atoms with van der Waals surface area (Å²) in [6, 6.07) is 9.69. The first-order valence-electron chi connectivity index (χ1n) is 7.76. The Balaban J connectivity index is 1.98. The van der Waals surface area contributed by atoms with E-state index in [1.165, 1.54) is 30.3 Å². The van der Waals surface area contributed by atoms with Gasteiger partial charge in [-0.1, -0.05) is 17.7 Å². The number of rotatable bonds is 3. The zero-order chi connectivity index (χ0) is 20.5. The highest BCUT2D eigenvalue weighted by atomic mass is 35.5. The summed E-state index contributed by atoms with van der Waals surface area (Å²) in [6.45, 7) is 0. The van der Waals surface area contributed by atoms with E-state index in [1.807, 2.05) is 0 Å². The Labute approximate surface area is 160 Å². The lowest BCUT2D eigenvalue weighted by atomic mass is 10.2. The van der Waals surface area contributed by atoms with E-state index >= 15 is 0 Å². The summed E-state index contributed by atoms with van der Waals surface area (Å²) < 4.78 is 39.1. The molecule has 0 aliphatic heterocycles. The molecule has 1 aromatic heterocycles. The lowest BCUT2D eigenvalue weighted by molar-refractivity contribution is -0.137. The van der Waals surface area contributed by atoms with Gasteiger partial charge in [0.2, 0.25) is 0 Å². The molecule has 10 heteroatoms. The maximum atomic E-state index is 12.8. The van der Waals surface area contributed by atoms with Crippen molar-refractivity contribution in [3.63, 3.8) is 0 Å². The number of aromatic amines is 1. The average molecular weight is 410 g/mol. The highest BCUT2D eigenvalue weighted by Gasteiger charge is 2.30. The van der Waals surface area contributed by atoms with Gasteiger partial charge in [-0.2, -0.15) is 13.2 Å². The van der Waals surface area contributed by atoms with Crippen LogP contribution in [0, 0.1) is 0 Å². The molecule has 1 amide bonds. The van der Waals surface area contributed by atoms with Gasteiger partial charge in [0, 0.05) is 16.9 Å². The second-order valence-corrected chi connectivity index (χ2v) is 6.09. The van der Waals surface area contributed by atoms with Crippen molar-refractivity contribution in [2.24, 2.45) is 0 Å². The molecule has 0 saturated heterocycles. The molecule has 6 nitrogen and oxygen atoms in total. The van der Waals surface area contributed by atoms with Crippen LogP contribution >= 0.6 is 11.6 Å². The summed E-state index contributed by atoms with van der Waals surface area (Å²) in [5, 5.41) is 2.60. The highest BCUT2D eigenvalue weighted by molar-refractivity contribution is 6.30. The molecule has 144 valence electrons. The van der Waals surface area contributed by atoms with Crippen LogP contribution in [0.4, 0.5) is 18.9 Å². The summed E-state index contributed by atoms with van der Waals surface area (Å²) in [7, 11) is 0. The molecule has 3 aromatic rings. The molecule has 3 rings (SSSR count). The van der Waals surface area contributed by atoms with E-state index in [2.05, 4.69) is 10.3 Å². The number of aromatic nitrogens is 2. The number of carbonyl (C=O) groups is 1. The fourth-order valence-corrected chi connectivity index (χ4v) is 2.56. The maximum Gasteiger partial charge on any atom is 0.416 e. The van der Waals surface area contributed by atoms with Crippen LogP contribution in [0.1, 0.15) is 15.9 Å². The van der Waals surface area contributed by atoms with E-state index in [1.54, 1.807) is 0 Å². The molecular formula is C18H11ClF3N3O3. The van der Waals surface area contributed by atoms with E-state index in [0.717, 1.165) is 29.0 Å².